The number of rotatable bonds is 7. The zero-order chi connectivity index (χ0) is 15.1. The summed E-state index contributed by atoms with van der Waals surface area (Å²) in [5, 5.41) is 0.683. The Hall–Kier alpha value is -0.860. The van der Waals surface area contributed by atoms with Gasteiger partial charge in [-0.25, -0.2) is 0 Å². The van der Waals surface area contributed by atoms with Gasteiger partial charge in [-0.05, 0) is 70.3 Å². The van der Waals surface area contributed by atoms with Crippen molar-refractivity contribution < 1.29 is 4.79 Å². The topological polar surface area (TPSA) is 20.3 Å². The highest BCUT2D eigenvalue weighted by molar-refractivity contribution is 6.31. The van der Waals surface area contributed by atoms with Gasteiger partial charge in [-0.15, -0.1) is 0 Å². The van der Waals surface area contributed by atoms with Crippen LogP contribution in [-0.4, -0.2) is 30.3 Å². The number of ketones is 1. The van der Waals surface area contributed by atoms with Crippen LogP contribution in [0.5, 0.6) is 0 Å². The number of nitrogens with zero attached hydrogens (tertiary/aromatic N) is 1. The van der Waals surface area contributed by atoms with E-state index in [4.69, 9.17) is 11.6 Å². The molecule has 3 heteroatoms. The van der Waals surface area contributed by atoms with E-state index in [-0.39, 0.29) is 5.78 Å². The molecule has 0 spiro atoms. The molecule has 0 unspecified atom stereocenters. The Labute approximate surface area is 133 Å². The van der Waals surface area contributed by atoms with Crippen LogP contribution in [0.15, 0.2) is 18.2 Å². The standard InChI is InChI=1S/C18H25ClNO/c1-15-9-10-16(14-17(15)19)18(21)8-4-2-5-11-20-12-6-3-7-13-20/h3,9-10,14H,2,4-8,11-13H2,1H3. The van der Waals surface area contributed by atoms with Gasteiger partial charge in [0.1, 0.15) is 0 Å². The van der Waals surface area contributed by atoms with E-state index in [2.05, 4.69) is 11.3 Å². The molecule has 1 aromatic carbocycles. The third-order valence-electron chi connectivity index (χ3n) is 4.17. The van der Waals surface area contributed by atoms with Crippen molar-refractivity contribution in [3.8, 4) is 0 Å². The molecule has 0 aliphatic carbocycles. The molecular formula is C18H25ClNO. The van der Waals surface area contributed by atoms with Crippen LogP contribution in [0.1, 0.15) is 54.4 Å². The predicted octanol–water partition coefficient (Wildman–Crippen LogP) is 4.69. The number of aryl methyl sites for hydroxylation is 1. The second-order valence-corrected chi connectivity index (χ2v) is 6.31. The van der Waals surface area contributed by atoms with Crippen molar-refractivity contribution in [1.82, 2.24) is 4.90 Å². The van der Waals surface area contributed by atoms with E-state index in [1.807, 2.05) is 19.1 Å². The molecule has 1 aromatic rings. The van der Waals surface area contributed by atoms with Gasteiger partial charge in [-0.1, -0.05) is 30.2 Å². The Bertz CT molecular complexity index is 466. The summed E-state index contributed by atoms with van der Waals surface area (Å²) in [5.74, 6) is 0.212. The number of carbonyl (C=O) groups excluding carboxylic acids is 1. The second kappa shape index (κ2) is 8.55. The monoisotopic (exact) mass is 306 g/mol. The summed E-state index contributed by atoms with van der Waals surface area (Å²) >= 11 is 6.07. The zero-order valence-corrected chi connectivity index (χ0v) is 13.7. The van der Waals surface area contributed by atoms with E-state index < -0.39 is 0 Å². The lowest BCUT2D eigenvalue weighted by Crippen LogP contribution is -2.30. The molecule has 2 nitrogen and oxygen atoms in total. The number of carbonyl (C=O) groups is 1. The van der Waals surface area contributed by atoms with Crippen LogP contribution in [0.3, 0.4) is 0 Å². The highest BCUT2D eigenvalue weighted by Gasteiger charge is 2.10. The molecule has 0 atom stereocenters. The summed E-state index contributed by atoms with van der Waals surface area (Å²) in [4.78, 5) is 14.6. The summed E-state index contributed by atoms with van der Waals surface area (Å²) in [6, 6.07) is 5.60. The van der Waals surface area contributed by atoms with Gasteiger partial charge < -0.3 is 4.90 Å². The number of Topliss-reactive ketones (excluding diaryl/α,β-unsaturated/α-hetero) is 1. The maximum absolute atomic E-state index is 12.1. The van der Waals surface area contributed by atoms with E-state index in [1.54, 1.807) is 6.07 Å². The first-order valence-electron chi connectivity index (χ1n) is 8.00. The Morgan fingerprint density at radius 3 is 2.67 bits per heavy atom. The van der Waals surface area contributed by atoms with Crippen LogP contribution in [-0.2, 0) is 0 Å². The Morgan fingerprint density at radius 1 is 1.19 bits per heavy atom. The quantitative estimate of drug-likeness (QED) is 0.538. The Morgan fingerprint density at radius 2 is 1.95 bits per heavy atom. The van der Waals surface area contributed by atoms with Crippen molar-refractivity contribution in [2.24, 2.45) is 0 Å². The molecule has 21 heavy (non-hydrogen) atoms. The maximum atomic E-state index is 12.1. The maximum Gasteiger partial charge on any atom is 0.162 e. The summed E-state index contributed by atoms with van der Waals surface area (Å²) in [5.41, 5.74) is 1.77. The van der Waals surface area contributed by atoms with Gasteiger partial charge in [0.15, 0.2) is 5.78 Å². The first kappa shape index (κ1) is 16.5. The summed E-state index contributed by atoms with van der Waals surface area (Å²) in [6.07, 6.45) is 8.77. The third-order valence-corrected chi connectivity index (χ3v) is 4.58. The van der Waals surface area contributed by atoms with Crippen LogP contribution in [0, 0.1) is 13.3 Å². The Balaban J connectivity index is 1.63. The fourth-order valence-corrected chi connectivity index (χ4v) is 2.92. The predicted molar refractivity (Wildman–Crippen MR) is 89.0 cm³/mol. The lowest BCUT2D eigenvalue weighted by molar-refractivity contribution is 0.0978. The second-order valence-electron chi connectivity index (χ2n) is 5.91. The van der Waals surface area contributed by atoms with Crippen molar-refractivity contribution in [3.63, 3.8) is 0 Å². The van der Waals surface area contributed by atoms with Crippen LogP contribution in [0.25, 0.3) is 0 Å². The first-order chi connectivity index (χ1) is 10.2. The minimum atomic E-state index is 0.212. The average molecular weight is 307 g/mol. The zero-order valence-electron chi connectivity index (χ0n) is 12.9. The first-order valence-corrected chi connectivity index (χ1v) is 8.38. The van der Waals surface area contributed by atoms with Crippen LogP contribution < -0.4 is 0 Å². The third kappa shape index (κ3) is 5.44. The summed E-state index contributed by atoms with van der Waals surface area (Å²) < 4.78 is 0. The van der Waals surface area contributed by atoms with Crippen LogP contribution in [0.4, 0.5) is 0 Å². The highest BCUT2D eigenvalue weighted by atomic mass is 35.5. The molecule has 0 saturated carbocycles. The number of hydrogen-bond acceptors (Lipinski definition) is 2. The van der Waals surface area contributed by atoms with Crippen molar-refractivity contribution >= 4 is 17.4 Å². The lowest BCUT2D eigenvalue weighted by Gasteiger charge is -2.26. The van der Waals surface area contributed by atoms with E-state index in [9.17, 15) is 4.79 Å². The van der Waals surface area contributed by atoms with Crippen molar-refractivity contribution in [2.45, 2.75) is 45.4 Å². The van der Waals surface area contributed by atoms with E-state index in [1.165, 1.54) is 38.9 Å². The number of halogens is 1. The molecule has 0 N–H and O–H groups in total. The normalized spacial score (nSPS) is 16.1. The highest BCUT2D eigenvalue weighted by Crippen LogP contribution is 2.18. The number of unbranched alkanes of at least 4 members (excludes halogenated alkanes) is 2. The SMILES string of the molecule is Cc1ccc(C(=O)CCCCCN2CC[CH]CC2)cc1Cl. The van der Waals surface area contributed by atoms with E-state index >= 15 is 0 Å². The molecule has 0 bridgehead atoms. The molecule has 1 aliphatic heterocycles. The molecule has 0 aromatic heterocycles. The van der Waals surface area contributed by atoms with Crippen LogP contribution >= 0.6 is 11.6 Å². The summed E-state index contributed by atoms with van der Waals surface area (Å²) in [7, 11) is 0. The van der Waals surface area contributed by atoms with Crippen molar-refractivity contribution in [1.29, 1.82) is 0 Å². The van der Waals surface area contributed by atoms with Gasteiger partial charge in [0.2, 0.25) is 0 Å². The number of piperidine rings is 1. The molecule has 1 radical (unpaired) electrons. The molecule has 1 fully saturated rings. The van der Waals surface area contributed by atoms with Gasteiger partial charge in [0.05, 0.1) is 0 Å². The number of hydrogen-bond donors (Lipinski definition) is 0. The fraction of sp³-hybridized carbons (Fsp3) is 0.556. The fourth-order valence-electron chi connectivity index (χ4n) is 2.74. The lowest BCUT2D eigenvalue weighted by atomic mass is 10.0. The minimum absolute atomic E-state index is 0.212. The smallest absolute Gasteiger partial charge is 0.162 e. The van der Waals surface area contributed by atoms with Crippen molar-refractivity contribution in [2.75, 3.05) is 19.6 Å². The molecule has 2 rings (SSSR count). The van der Waals surface area contributed by atoms with Gasteiger partial charge in [0.25, 0.3) is 0 Å². The largest absolute Gasteiger partial charge is 0.303 e. The molecule has 0 amide bonds. The molecule has 1 saturated heterocycles. The summed E-state index contributed by atoms with van der Waals surface area (Å²) in [6.45, 7) is 5.55. The van der Waals surface area contributed by atoms with E-state index in [0.29, 0.717) is 11.4 Å². The number of likely N-dealkylation sites (tertiary alicyclic amines) is 1. The number of benzene rings is 1. The molecule has 1 aliphatic rings. The van der Waals surface area contributed by atoms with Crippen molar-refractivity contribution in [3.05, 3.63) is 40.8 Å². The average Bonchev–Trinajstić information content (AvgIpc) is 2.50. The van der Waals surface area contributed by atoms with Gasteiger partial charge in [-0.3, -0.25) is 4.79 Å². The molecule has 115 valence electrons. The molecular weight excluding hydrogens is 282 g/mol. The van der Waals surface area contributed by atoms with Gasteiger partial charge in [0, 0.05) is 17.0 Å². The molecule has 1 heterocycles. The Kier molecular flexibility index (Phi) is 6.72. The van der Waals surface area contributed by atoms with Crippen LogP contribution in [0.2, 0.25) is 5.02 Å². The minimum Gasteiger partial charge on any atom is -0.303 e. The van der Waals surface area contributed by atoms with Gasteiger partial charge >= 0.3 is 0 Å². The van der Waals surface area contributed by atoms with E-state index in [0.717, 1.165) is 24.0 Å². The van der Waals surface area contributed by atoms with Gasteiger partial charge in [-0.2, -0.15) is 0 Å².